The van der Waals surface area contributed by atoms with Gasteiger partial charge in [0.15, 0.2) is 0 Å². The number of carbonyl (C=O) groups is 1. The molecule has 0 radical (unpaired) electrons. The Morgan fingerprint density at radius 2 is 2.05 bits per heavy atom. The number of rotatable bonds is 1. The maximum Gasteiger partial charge on any atom is 0.407 e. The second kappa shape index (κ2) is 4.82. The zero-order valence-electron chi connectivity index (χ0n) is 11.8. The minimum atomic E-state index is -0.814. The van der Waals surface area contributed by atoms with Crippen LogP contribution in [0.25, 0.3) is 0 Å². The molecule has 0 aliphatic carbocycles. The van der Waals surface area contributed by atoms with Gasteiger partial charge in [0.25, 0.3) is 0 Å². The lowest BCUT2D eigenvalue weighted by Crippen LogP contribution is -2.62. The van der Waals surface area contributed by atoms with E-state index in [1.165, 1.54) is 11.1 Å². The van der Waals surface area contributed by atoms with Crippen molar-refractivity contribution in [2.75, 3.05) is 6.54 Å². The van der Waals surface area contributed by atoms with E-state index in [9.17, 15) is 9.90 Å². The fraction of sp³-hybridized carbons (Fsp3) is 0.533. The molecule has 2 rings (SSSR count). The van der Waals surface area contributed by atoms with Crippen molar-refractivity contribution in [3.8, 4) is 0 Å². The molecule has 0 saturated carbocycles. The highest BCUT2D eigenvalue weighted by molar-refractivity contribution is 9.10. The van der Waals surface area contributed by atoms with Crippen LogP contribution < -0.4 is 0 Å². The predicted molar refractivity (Wildman–Crippen MR) is 79.6 cm³/mol. The summed E-state index contributed by atoms with van der Waals surface area (Å²) in [4.78, 5) is 12.8. The zero-order valence-corrected chi connectivity index (χ0v) is 13.4. The third-order valence-electron chi connectivity index (χ3n) is 3.87. The van der Waals surface area contributed by atoms with Crippen molar-refractivity contribution in [3.63, 3.8) is 0 Å². The normalized spacial score (nSPS) is 23.1. The van der Waals surface area contributed by atoms with Gasteiger partial charge in [-0.2, -0.15) is 0 Å². The monoisotopic (exact) mass is 325 g/mol. The van der Waals surface area contributed by atoms with E-state index in [4.69, 9.17) is 0 Å². The number of hydrogen-bond acceptors (Lipinski definition) is 1. The van der Waals surface area contributed by atoms with Crippen LogP contribution in [0.2, 0.25) is 0 Å². The van der Waals surface area contributed by atoms with Crippen molar-refractivity contribution >= 4 is 22.0 Å². The van der Waals surface area contributed by atoms with Gasteiger partial charge in [0, 0.05) is 23.0 Å². The first-order valence-corrected chi connectivity index (χ1v) is 7.26. The summed E-state index contributed by atoms with van der Waals surface area (Å²) in [5, 5.41) is 9.26. The van der Waals surface area contributed by atoms with Gasteiger partial charge in [-0.05, 0) is 35.6 Å². The van der Waals surface area contributed by atoms with Crippen molar-refractivity contribution in [1.29, 1.82) is 0 Å². The summed E-state index contributed by atoms with van der Waals surface area (Å²) in [6, 6.07) is 6.29. The molecule has 0 spiro atoms. The molecule has 2 atom stereocenters. The molecule has 104 valence electrons. The van der Waals surface area contributed by atoms with Crippen LogP contribution in [0.4, 0.5) is 4.79 Å². The fourth-order valence-corrected chi connectivity index (χ4v) is 3.57. The quantitative estimate of drug-likeness (QED) is 0.838. The van der Waals surface area contributed by atoms with E-state index in [-0.39, 0.29) is 11.5 Å². The minimum Gasteiger partial charge on any atom is -0.465 e. The van der Waals surface area contributed by atoms with E-state index in [0.717, 1.165) is 4.47 Å². The second-order valence-corrected chi connectivity index (χ2v) is 7.27. The highest BCUT2D eigenvalue weighted by Gasteiger charge is 2.49. The van der Waals surface area contributed by atoms with E-state index in [1.807, 2.05) is 6.07 Å². The fourth-order valence-electron chi connectivity index (χ4n) is 3.10. The van der Waals surface area contributed by atoms with Crippen LogP contribution in [0.15, 0.2) is 22.7 Å². The molecule has 0 aromatic heterocycles. The maximum atomic E-state index is 11.3. The van der Waals surface area contributed by atoms with Crippen molar-refractivity contribution < 1.29 is 9.90 Å². The third kappa shape index (κ3) is 2.64. The molecule has 4 heteroatoms. The number of amides is 1. The first-order chi connectivity index (χ1) is 8.71. The predicted octanol–water partition coefficient (Wildman–Crippen LogP) is 4.25. The SMILES string of the molecule is Cc1cc(Br)ccc1C1CN(C(=O)O)C1C(C)(C)C. The Balaban J connectivity index is 2.33. The summed E-state index contributed by atoms with van der Waals surface area (Å²) >= 11 is 3.47. The number of benzene rings is 1. The largest absolute Gasteiger partial charge is 0.465 e. The summed E-state index contributed by atoms with van der Waals surface area (Å²) < 4.78 is 1.07. The first kappa shape index (κ1) is 14.4. The summed E-state index contributed by atoms with van der Waals surface area (Å²) in [5.41, 5.74) is 2.43. The third-order valence-corrected chi connectivity index (χ3v) is 4.37. The Morgan fingerprint density at radius 1 is 1.42 bits per heavy atom. The van der Waals surface area contributed by atoms with E-state index in [1.54, 1.807) is 4.90 Å². The van der Waals surface area contributed by atoms with Crippen molar-refractivity contribution in [3.05, 3.63) is 33.8 Å². The van der Waals surface area contributed by atoms with Crippen LogP contribution in [0.5, 0.6) is 0 Å². The number of hydrogen-bond donors (Lipinski definition) is 1. The topological polar surface area (TPSA) is 40.5 Å². The average Bonchev–Trinajstić information content (AvgIpc) is 2.16. The van der Waals surface area contributed by atoms with E-state index in [0.29, 0.717) is 12.5 Å². The maximum absolute atomic E-state index is 11.3. The van der Waals surface area contributed by atoms with Crippen LogP contribution >= 0.6 is 15.9 Å². The Morgan fingerprint density at radius 3 is 2.53 bits per heavy atom. The number of likely N-dealkylation sites (tertiary alicyclic amines) is 1. The molecule has 2 unspecified atom stereocenters. The van der Waals surface area contributed by atoms with Crippen molar-refractivity contribution in [2.24, 2.45) is 5.41 Å². The molecule has 1 aliphatic heterocycles. The van der Waals surface area contributed by atoms with E-state index < -0.39 is 6.09 Å². The van der Waals surface area contributed by atoms with Crippen molar-refractivity contribution in [2.45, 2.75) is 39.7 Å². The standard InChI is InChI=1S/C15H20BrNO2/c1-9-7-10(16)5-6-11(9)12-8-17(14(18)19)13(12)15(2,3)4/h5-7,12-13H,8H2,1-4H3,(H,18,19). The molecule has 1 fully saturated rings. The number of aryl methyl sites for hydroxylation is 1. The molecule has 0 bridgehead atoms. The highest BCUT2D eigenvalue weighted by Crippen LogP contribution is 2.44. The number of halogens is 1. The number of nitrogens with zero attached hydrogens (tertiary/aromatic N) is 1. The Kier molecular flexibility index (Phi) is 3.65. The lowest BCUT2D eigenvalue weighted by Gasteiger charge is -2.53. The highest BCUT2D eigenvalue weighted by atomic mass is 79.9. The Hall–Kier alpha value is -1.03. The second-order valence-electron chi connectivity index (χ2n) is 6.35. The van der Waals surface area contributed by atoms with Crippen LogP contribution in [0, 0.1) is 12.3 Å². The molecule has 1 N–H and O–H groups in total. The van der Waals surface area contributed by atoms with Gasteiger partial charge in [-0.25, -0.2) is 4.79 Å². The van der Waals surface area contributed by atoms with Crippen LogP contribution in [-0.4, -0.2) is 28.7 Å². The lowest BCUT2D eigenvalue weighted by atomic mass is 9.69. The van der Waals surface area contributed by atoms with Gasteiger partial charge in [0.2, 0.25) is 0 Å². The van der Waals surface area contributed by atoms with E-state index >= 15 is 0 Å². The molecule has 1 saturated heterocycles. The molecule has 1 aromatic carbocycles. The summed E-state index contributed by atoms with van der Waals surface area (Å²) in [7, 11) is 0. The van der Waals surface area contributed by atoms with Gasteiger partial charge in [-0.1, -0.05) is 42.8 Å². The van der Waals surface area contributed by atoms with Crippen LogP contribution in [0.1, 0.15) is 37.8 Å². The molecule has 1 aromatic rings. The van der Waals surface area contributed by atoms with Crippen LogP contribution in [-0.2, 0) is 0 Å². The van der Waals surface area contributed by atoms with Gasteiger partial charge in [-0.15, -0.1) is 0 Å². The lowest BCUT2D eigenvalue weighted by molar-refractivity contribution is -0.00181. The zero-order chi connectivity index (χ0) is 14.4. The van der Waals surface area contributed by atoms with Crippen LogP contribution in [0.3, 0.4) is 0 Å². The molecule has 1 heterocycles. The van der Waals surface area contributed by atoms with Crippen molar-refractivity contribution in [1.82, 2.24) is 4.90 Å². The molecule has 1 amide bonds. The summed E-state index contributed by atoms with van der Waals surface area (Å²) in [6.45, 7) is 9.00. The molecule has 19 heavy (non-hydrogen) atoms. The van der Waals surface area contributed by atoms with E-state index in [2.05, 4.69) is 55.8 Å². The van der Waals surface area contributed by atoms with Gasteiger partial charge in [0.05, 0.1) is 0 Å². The molecule has 3 nitrogen and oxygen atoms in total. The Labute approximate surface area is 122 Å². The minimum absolute atomic E-state index is 0.0462. The molecular weight excluding hydrogens is 306 g/mol. The average molecular weight is 326 g/mol. The van der Waals surface area contributed by atoms with Gasteiger partial charge >= 0.3 is 6.09 Å². The number of carboxylic acid groups (broad SMARTS) is 1. The Bertz CT molecular complexity index is 507. The van der Waals surface area contributed by atoms with Gasteiger partial charge in [0.1, 0.15) is 0 Å². The summed E-state index contributed by atoms with van der Waals surface area (Å²) in [5.74, 6) is 0.296. The molecular formula is C15H20BrNO2. The van der Waals surface area contributed by atoms with Gasteiger partial charge < -0.3 is 10.0 Å². The van der Waals surface area contributed by atoms with Gasteiger partial charge in [-0.3, -0.25) is 0 Å². The molecule has 1 aliphatic rings. The summed E-state index contributed by atoms with van der Waals surface area (Å²) in [6.07, 6.45) is -0.814. The smallest absolute Gasteiger partial charge is 0.407 e. The first-order valence-electron chi connectivity index (χ1n) is 6.47.